The summed E-state index contributed by atoms with van der Waals surface area (Å²) in [4.78, 5) is 13.6. The topological polar surface area (TPSA) is 73.6 Å². The van der Waals surface area contributed by atoms with E-state index in [0.717, 1.165) is 11.8 Å². The summed E-state index contributed by atoms with van der Waals surface area (Å²) < 4.78 is 0. The Morgan fingerprint density at radius 3 is 2.94 bits per heavy atom. The van der Waals surface area contributed by atoms with Gasteiger partial charge in [0.2, 0.25) is 0 Å². The van der Waals surface area contributed by atoms with Crippen LogP contribution >= 0.6 is 0 Å². The average Bonchev–Trinajstić information content (AvgIpc) is 2.92. The summed E-state index contributed by atoms with van der Waals surface area (Å²) in [6, 6.07) is 0.587. The van der Waals surface area contributed by atoms with Crippen molar-refractivity contribution in [2.45, 2.75) is 58.5 Å². The lowest BCUT2D eigenvalue weighted by Gasteiger charge is -2.21. The Morgan fingerprint density at radius 2 is 2.28 bits per heavy atom. The molecule has 18 heavy (non-hydrogen) atoms. The monoisotopic (exact) mass is 252 g/mol. The lowest BCUT2D eigenvalue weighted by molar-refractivity contribution is 0.348. The maximum atomic E-state index is 10.9. The van der Waals surface area contributed by atoms with Gasteiger partial charge in [-0.2, -0.15) is 5.10 Å². The third-order valence-electron chi connectivity index (χ3n) is 3.86. The van der Waals surface area contributed by atoms with Crippen LogP contribution in [-0.4, -0.2) is 21.2 Å². The van der Waals surface area contributed by atoms with Crippen LogP contribution in [0, 0.1) is 11.8 Å². The second-order valence-electron chi connectivity index (χ2n) is 5.77. The highest BCUT2D eigenvalue weighted by atomic mass is 16.1. The predicted octanol–water partition coefficient (Wildman–Crippen LogP) is 1.79. The van der Waals surface area contributed by atoms with Crippen molar-refractivity contribution in [2.24, 2.45) is 11.8 Å². The highest BCUT2D eigenvalue weighted by Crippen LogP contribution is 2.30. The van der Waals surface area contributed by atoms with E-state index in [1.54, 1.807) is 0 Å². The first-order chi connectivity index (χ1) is 8.65. The summed E-state index contributed by atoms with van der Waals surface area (Å²) in [5.74, 6) is 2.28. The van der Waals surface area contributed by atoms with Crippen LogP contribution in [0.1, 0.15) is 51.8 Å². The lowest BCUT2D eigenvalue weighted by Crippen LogP contribution is -2.32. The third kappa shape index (κ3) is 3.70. The molecule has 3 N–H and O–H groups in total. The molecule has 1 aromatic heterocycles. The Balaban J connectivity index is 1.78. The molecule has 1 aliphatic carbocycles. The standard InChI is InChI=1S/C13H24N4O/c1-9(2)6-7-10-4-3-5-11(10)14-8-12-15-13(18)17-16-12/h9-11,14H,3-8H2,1-2H3,(H2,15,16,17,18). The van der Waals surface area contributed by atoms with E-state index < -0.39 is 0 Å². The average molecular weight is 252 g/mol. The van der Waals surface area contributed by atoms with E-state index in [1.807, 2.05) is 0 Å². The fourth-order valence-corrected chi connectivity index (χ4v) is 2.82. The summed E-state index contributed by atoms with van der Waals surface area (Å²) >= 11 is 0. The van der Waals surface area contributed by atoms with Crippen LogP contribution in [0.4, 0.5) is 0 Å². The smallest absolute Gasteiger partial charge is 0.307 e. The van der Waals surface area contributed by atoms with Crippen LogP contribution < -0.4 is 11.0 Å². The van der Waals surface area contributed by atoms with Crippen LogP contribution in [0.3, 0.4) is 0 Å². The second kappa shape index (κ2) is 6.18. The van der Waals surface area contributed by atoms with Gasteiger partial charge in [0.25, 0.3) is 0 Å². The van der Waals surface area contributed by atoms with Crippen molar-refractivity contribution in [3.63, 3.8) is 0 Å². The molecular formula is C13H24N4O. The van der Waals surface area contributed by atoms with Crippen molar-refractivity contribution in [1.82, 2.24) is 20.5 Å². The van der Waals surface area contributed by atoms with Gasteiger partial charge in [-0.3, -0.25) is 4.98 Å². The van der Waals surface area contributed by atoms with Gasteiger partial charge in [0.15, 0.2) is 0 Å². The van der Waals surface area contributed by atoms with Crippen LogP contribution in [-0.2, 0) is 6.54 Å². The van der Waals surface area contributed by atoms with Crippen molar-refractivity contribution in [3.05, 3.63) is 16.3 Å². The summed E-state index contributed by atoms with van der Waals surface area (Å²) in [5.41, 5.74) is -0.227. The second-order valence-corrected chi connectivity index (χ2v) is 5.77. The maximum absolute atomic E-state index is 10.9. The Kier molecular flexibility index (Phi) is 4.58. The molecule has 5 nitrogen and oxygen atoms in total. The number of H-pyrrole nitrogens is 2. The van der Waals surface area contributed by atoms with E-state index in [-0.39, 0.29) is 5.69 Å². The summed E-state index contributed by atoms with van der Waals surface area (Å²) in [5, 5.41) is 9.85. The zero-order valence-electron chi connectivity index (χ0n) is 11.3. The number of rotatable bonds is 6. The van der Waals surface area contributed by atoms with E-state index in [9.17, 15) is 4.79 Å². The van der Waals surface area contributed by atoms with Gasteiger partial charge in [-0.1, -0.05) is 26.7 Å². The molecule has 2 atom stereocenters. The molecular weight excluding hydrogens is 228 g/mol. The molecule has 5 heteroatoms. The highest BCUT2D eigenvalue weighted by molar-refractivity contribution is 4.87. The zero-order chi connectivity index (χ0) is 13.0. The minimum atomic E-state index is -0.227. The van der Waals surface area contributed by atoms with Gasteiger partial charge in [0, 0.05) is 6.04 Å². The van der Waals surface area contributed by atoms with E-state index in [2.05, 4.69) is 34.3 Å². The van der Waals surface area contributed by atoms with Crippen LogP contribution in [0.25, 0.3) is 0 Å². The predicted molar refractivity (Wildman–Crippen MR) is 71.2 cm³/mol. The van der Waals surface area contributed by atoms with E-state index in [1.165, 1.54) is 32.1 Å². The molecule has 0 saturated heterocycles. The zero-order valence-corrected chi connectivity index (χ0v) is 11.3. The van der Waals surface area contributed by atoms with Crippen LogP contribution in [0.2, 0.25) is 0 Å². The molecule has 102 valence electrons. The molecule has 0 aromatic carbocycles. The van der Waals surface area contributed by atoms with Gasteiger partial charge >= 0.3 is 5.69 Å². The van der Waals surface area contributed by atoms with Crippen molar-refractivity contribution in [1.29, 1.82) is 0 Å². The van der Waals surface area contributed by atoms with Gasteiger partial charge in [0.05, 0.1) is 6.54 Å². The maximum Gasteiger partial charge on any atom is 0.340 e. The van der Waals surface area contributed by atoms with Crippen molar-refractivity contribution in [3.8, 4) is 0 Å². The summed E-state index contributed by atoms with van der Waals surface area (Å²) in [6.45, 7) is 5.22. The number of aromatic nitrogens is 3. The Morgan fingerprint density at radius 1 is 1.44 bits per heavy atom. The van der Waals surface area contributed by atoms with E-state index in [4.69, 9.17) is 0 Å². The van der Waals surface area contributed by atoms with Gasteiger partial charge in [-0.05, 0) is 31.1 Å². The van der Waals surface area contributed by atoms with Crippen molar-refractivity contribution < 1.29 is 0 Å². The molecule has 0 bridgehead atoms. The Labute approximate surface area is 108 Å². The van der Waals surface area contributed by atoms with E-state index in [0.29, 0.717) is 18.4 Å². The van der Waals surface area contributed by atoms with E-state index >= 15 is 0 Å². The molecule has 1 heterocycles. The first-order valence-corrected chi connectivity index (χ1v) is 7.02. The molecule has 0 aliphatic heterocycles. The fourth-order valence-electron chi connectivity index (χ4n) is 2.82. The van der Waals surface area contributed by atoms with Crippen LogP contribution in [0.5, 0.6) is 0 Å². The summed E-state index contributed by atoms with van der Waals surface area (Å²) in [7, 11) is 0. The molecule has 2 unspecified atom stereocenters. The fraction of sp³-hybridized carbons (Fsp3) is 0.846. The molecule has 1 fully saturated rings. The third-order valence-corrected chi connectivity index (χ3v) is 3.86. The summed E-state index contributed by atoms with van der Waals surface area (Å²) in [6.07, 6.45) is 6.52. The lowest BCUT2D eigenvalue weighted by atomic mass is 9.94. The number of hydrogen-bond donors (Lipinski definition) is 3. The highest BCUT2D eigenvalue weighted by Gasteiger charge is 2.26. The first-order valence-electron chi connectivity index (χ1n) is 7.02. The molecule has 0 radical (unpaired) electrons. The SMILES string of the molecule is CC(C)CCC1CCCC1NCc1n[nH]c(=O)[nH]1. The molecule has 0 amide bonds. The minimum Gasteiger partial charge on any atom is -0.307 e. The number of aromatic amines is 2. The molecule has 0 spiro atoms. The number of hydrogen-bond acceptors (Lipinski definition) is 3. The minimum absolute atomic E-state index is 0.227. The Bertz CT molecular complexity index is 409. The van der Waals surface area contributed by atoms with Gasteiger partial charge in [-0.15, -0.1) is 0 Å². The van der Waals surface area contributed by atoms with Gasteiger partial charge < -0.3 is 5.32 Å². The van der Waals surface area contributed by atoms with Gasteiger partial charge in [-0.25, -0.2) is 9.89 Å². The normalized spacial score (nSPS) is 23.9. The van der Waals surface area contributed by atoms with Crippen molar-refractivity contribution >= 4 is 0 Å². The number of nitrogens with zero attached hydrogens (tertiary/aromatic N) is 1. The van der Waals surface area contributed by atoms with Gasteiger partial charge in [0.1, 0.15) is 5.82 Å². The quantitative estimate of drug-likeness (QED) is 0.722. The molecule has 2 rings (SSSR count). The first kappa shape index (κ1) is 13.3. The molecule has 1 aliphatic rings. The molecule has 1 saturated carbocycles. The van der Waals surface area contributed by atoms with Crippen LogP contribution in [0.15, 0.2) is 4.79 Å². The number of nitrogens with one attached hydrogen (secondary N) is 3. The van der Waals surface area contributed by atoms with Crippen molar-refractivity contribution in [2.75, 3.05) is 0 Å². The molecule has 1 aromatic rings. The Hall–Kier alpha value is -1.10. The largest absolute Gasteiger partial charge is 0.340 e.